The molecule has 1 aromatic carbocycles. The lowest BCUT2D eigenvalue weighted by molar-refractivity contribution is 0.0393. The standard InChI is InChI=1S/C29H40N4OS.C2H6/c1-6-17-35-22(3)26-18-27-28(34)32(19-24-14-12-11-13-21(24)2)29(5,20-33(27)31-26)23(4)30-25-15-9-7-8-10-16-25;1-2/h6,11-14,17-18,22,25,30H,4,7-10,15-16,19-20H2,1-3,5H3;1-2H3/b17-6-;. The summed E-state index contributed by atoms with van der Waals surface area (Å²) in [5.41, 5.74) is 4.31. The first-order valence-corrected chi connectivity index (χ1v) is 14.9. The number of benzene rings is 1. The number of aromatic nitrogens is 2. The Bertz CT molecular complexity index is 1080. The SMILES string of the molecule is C=C(NC1CCCCCC1)C1(C)Cn2nc(C(C)S/C=C\C)cc2C(=O)N1Cc1ccccc1C.CC. The lowest BCUT2D eigenvalue weighted by Gasteiger charge is -2.47. The number of amides is 1. The largest absolute Gasteiger partial charge is 0.384 e. The fraction of sp³-hybridized carbons (Fsp3) is 0.548. The van der Waals surface area contributed by atoms with Crippen LogP contribution in [0.15, 0.2) is 54.1 Å². The number of rotatable bonds is 8. The zero-order valence-electron chi connectivity index (χ0n) is 23.7. The number of hydrogen-bond donors (Lipinski definition) is 1. The van der Waals surface area contributed by atoms with Crippen molar-refractivity contribution >= 4 is 17.7 Å². The molecule has 1 aliphatic carbocycles. The second kappa shape index (κ2) is 13.4. The van der Waals surface area contributed by atoms with E-state index in [4.69, 9.17) is 5.10 Å². The number of thioether (sulfide) groups is 1. The van der Waals surface area contributed by atoms with E-state index in [1.807, 2.05) is 48.6 Å². The van der Waals surface area contributed by atoms with Crippen molar-refractivity contribution in [2.75, 3.05) is 0 Å². The second-order valence-corrected chi connectivity index (χ2v) is 11.5. The molecule has 1 fully saturated rings. The second-order valence-electron chi connectivity index (χ2n) is 10.3. The monoisotopic (exact) mass is 522 g/mol. The van der Waals surface area contributed by atoms with Gasteiger partial charge in [-0.2, -0.15) is 5.10 Å². The molecule has 1 aliphatic heterocycles. The summed E-state index contributed by atoms with van der Waals surface area (Å²) in [4.78, 5) is 16.0. The highest BCUT2D eigenvalue weighted by Gasteiger charge is 2.45. The van der Waals surface area contributed by atoms with Gasteiger partial charge in [0, 0.05) is 18.3 Å². The van der Waals surface area contributed by atoms with Crippen LogP contribution < -0.4 is 5.32 Å². The quantitative estimate of drug-likeness (QED) is 0.360. The summed E-state index contributed by atoms with van der Waals surface area (Å²) in [6.07, 6.45) is 9.48. The molecular weight excluding hydrogens is 476 g/mol. The molecule has 2 unspecified atom stereocenters. The van der Waals surface area contributed by atoms with Crippen LogP contribution in [-0.4, -0.2) is 32.2 Å². The predicted octanol–water partition coefficient (Wildman–Crippen LogP) is 7.79. The Kier molecular flexibility index (Phi) is 10.5. The number of carbonyl (C=O) groups is 1. The van der Waals surface area contributed by atoms with Crippen LogP contribution in [0, 0.1) is 6.92 Å². The van der Waals surface area contributed by atoms with Crippen LogP contribution in [0.2, 0.25) is 0 Å². The molecule has 5 nitrogen and oxygen atoms in total. The minimum absolute atomic E-state index is 0.0211. The Balaban J connectivity index is 0.00000186. The van der Waals surface area contributed by atoms with E-state index in [0.717, 1.165) is 24.2 Å². The normalized spacial score (nSPS) is 21.1. The van der Waals surface area contributed by atoms with Crippen molar-refractivity contribution in [3.05, 3.63) is 76.6 Å². The molecule has 0 spiro atoms. The van der Waals surface area contributed by atoms with Crippen LogP contribution in [-0.2, 0) is 13.1 Å². The van der Waals surface area contributed by atoms with Gasteiger partial charge in [-0.3, -0.25) is 9.48 Å². The third kappa shape index (κ3) is 6.70. The molecule has 1 aromatic heterocycles. The number of allylic oxidation sites excluding steroid dienone is 1. The summed E-state index contributed by atoms with van der Waals surface area (Å²) in [6.45, 7) is 18.1. The fourth-order valence-electron chi connectivity index (χ4n) is 5.22. The first-order chi connectivity index (χ1) is 17.8. The summed E-state index contributed by atoms with van der Waals surface area (Å²) in [5, 5.41) is 10.9. The summed E-state index contributed by atoms with van der Waals surface area (Å²) in [5.74, 6) is 0.0211. The highest BCUT2D eigenvalue weighted by atomic mass is 32.2. The lowest BCUT2D eigenvalue weighted by Crippen LogP contribution is -2.60. The van der Waals surface area contributed by atoms with Gasteiger partial charge in [0.1, 0.15) is 5.69 Å². The number of hydrogen-bond acceptors (Lipinski definition) is 4. The maximum Gasteiger partial charge on any atom is 0.273 e. The molecule has 0 radical (unpaired) electrons. The molecule has 1 amide bonds. The lowest BCUT2D eigenvalue weighted by atomic mass is 9.90. The fourth-order valence-corrected chi connectivity index (χ4v) is 5.87. The molecule has 1 N–H and O–H groups in total. The molecular formula is C31H46N4OS. The summed E-state index contributed by atoms with van der Waals surface area (Å²) < 4.78 is 1.92. The molecule has 2 aromatic rings. The summed E-state index contributed by atoms with van der Waals surface area (Å²) >= 11 is 1.72. The maximum absolute atomic E-state index is 14.0. The van der Waals surface area contributed by atoms with Crippen molar-refractivity contribution < 1.29 is 4.79 Å². The minimum Gasteiger partial charge on any atom is -0.384 e. The van der Waals surface area contributed by atoms with Gasteiger partial charge in [0.25, 0.3) is 5.91 Å². The molecule has 0 bridgehead atoms. The zero-order chi connectivity index (χ0) is 27.0. The van der Waals surface area contributed by atoms with Gasteiger partial charge in [0.2, 0.25) is 0 Å². The Hall–Kier alpha value is -2.47. The van der Waals surface area contributed by atoms with Crippen molar-refractivity contribution in [1.82, 2.24) is 20.0 Å². The smallest absolute Gasteiger partial charge is 0.273 e. The van der Waals surface area contributed by atoms with Gasteiger partial charge in [0.05, 0.1) is 23.0 Å². The first-order valence-electron chi connectivity index (χ1n) is 14.0. The summed E-state index contributed by atoms with van der Waals surface area (Å²) in [7, 11) is 0. The third-order valence-corrected chi connectivity index (χ3v) is 8.70. The van der Waals surface area contributed by atoms with Gasteiger partial charge >= 0.3 is 0 Å². The molecule has 0 saturated heterocycles. The number of fused-ring (bicyclic) bond motifs is 1. The molecule has 2 atom stereocenters. The van der Waals surface area contributed by atoms with E-state index in [0.29, 0.717) is 24.8 Å². The van der Waals surface area contributed by atoms with Crippen LogP contribution in [0.5, 0.6) is 0 Å². The molecule has 2 aliphatic rings. The van der Waals surface area contributed by atoms with E-state index in [9.17, 15) is 4.79 Å². The van der Waals surface area contributed by atoms with E-state index in [1.54, 1.807) is 11.8 Å². The number of aryl methyl sites for hydroxylation is 1. The van der Waals surface area contributed by atoms with Crippen molar-refractivity contribution in [1.29, 1.82) is 0 Å². The Morgan fingerprint density at radius 1 is 1.24 bits per heavy atom. The van der Waals surface area contributed by atoms with E-state index in [1.165, 1.54) is 36.8 Å². The molecule has 4 rings (SSSR count). The van der Waals surface area contributed by atoms with Crippen molar-refractivity contribution in [2.45, 2.75) is 110 Å². The van der Waals surface area contributed by atoms with Crippen molar-refractivity contribution in [2.24, 2.45) is 0 Å². The van der Waals surface area contributed by atoms with E-state index >= 15 is 0 Å². The van der Waals surface area contributed by atoms with Crippen LogP contribution in [0.25, 0.3) is 0 Å². The van der Waals surface area contributed by atoms with Crippen LogP contribution in [0.1, 0.15) is 106 Å². The van der Waals surface area contributed by atoms with Crippen LogP contribution >= 0.6 is 11.8 Å². The first kappa shape index (κ1) is 29.1. The van der Waals surface area contributed by atoms with Gasteiger partial charge in [-0.25, -0.2) is 0 Å². The van der Waals surface area contributed by atoms with Crippen LogP contribution in [0.3, 0.4) is 0 Å². The Morgan fingerprint density at radius 3 is 2.57 bits per heavy atom. The molecule has 202 valence electrons. The van der Waals surface area contributed by atoms with Gasteiger partial charge in [-0.1, -0.05) is 76.5 Å². The number of nitrogens with one attached hydrogen (secondary N) is 1. The molecule has 2 heterocycles. The Labute approximate surface area is 228 Å². The molecule has 37 heavy (non-hydrogen) atoms. The van der Waals surface area contributed by atoms with Gasteiger partial charge in [-0.15, -0.1) is 11.8 Å². The van der Waals surface area contributed by atoms with Gasteiger partial charge in [0.15, 0.2) is 0 Å². The van der Waals surface area contributed by atoms with Crippen molar-refractivity contribution in [3.8, 4) is 0 Å². The highest BCUT2D eigenvalue weighted by Crippen LogP contribution is 2.36. The third-order valence-electron chi connectivity index (χ3n) is 7.63. The highest BCUT2D eigenvalue weighted by molar-refractivity contribution is 8.02. The number of nitrogens with zero attached hydrogens (tertiary/aromatic N) is 3. The zero-order valence-corrected chi connectivity index (χ0v) is 24.5. The van der Waals surface area contributed by atoms with E-state index in [2.05, 4.69) is 56.3 Å². The molecule has 1 saturated carbocycles. The van der Waals surface area contributed by atoms with Crippen molar-refractivity contribution in [3.63, 3.8) is 0 Å². The topological polar surface area (TPSA) is 50.2 Å². The molecule has 6 heteroatoms. The average Bonchev–Trinajstić information content (AvgIpc) is 3.15. The summed E-state index contributed by atoms with van der Waals surface area (Å²) in [6, 6.07) is 10.7. The van der Waals surface area contributed by atoms with Gasteiger partial charge in [-0.05, 0) is 63.1 Å². The maximum atomic E-state index is 14.0. The predicted molar refractivity (Wildman–Crippen MR) is 158 cm³/mol. The Morgan fingerprint density at radius 2 is 1.92 bits per heavy atom. The average molecular weight is 523 g/mol. The van der Waals surface area contributed by atoms with Gasteiger partial charge < -0.3 is 10.2 Å². The van der Waals surface area contributed by atoms with Crippen LogP contribution in [0.4, 0.5) is 0 Å². The minimum atomic E-state index is -0.582. The van der Waals surface area contributed by atoms with E-state index < -0.39 is 5.54 Å². The van der Waals surface area contributed by atoms with E-state index in [-0.39, 0.29) is 11.2 Å². The number of carbonyl (C=O) groups excluding carboxylic acids is 1.